The number of hydrogen-bond acceptors (Lipinski definition) is 4. The molecule has 0 amide bonds. The predicted octanol–water partition coefficient (Wildman–Crippen LogP) is 6.32. The highest BCUT2D eigenvalue weighted by Gasteiger charge is 2.52. The van der Waals surface area contributed by atoms with Gasteiger partial charge in [-0.2, -0.15) is 9.78 Å². The van der Waals surface area contributed by atoms with Gasteiger partial charge in [-0.3, -0.25) is 0 Å². The molecule has 0 aliphatic heterocycles. The number of rotatable bonds is 5. The molecule has 0 saturated heterocycles. The lowest BCUT2D eigenvalue weighted by Gasteiger charge is -2.43. The monoisotopic (exact) mass is 500 g/mol. The summed E-state index contributed by atoms with van der Waals surface area (Å²) >= 11 is 0. The zero-order valence-electron chi connectivity index (χ0n) is 22.3. The van der Waals surface area contributed by atoms with E-state index in [4.69, 9.17) is 9.16 Å². The number of aromatic nitrogens is 2. The van der Waals surface area contributed by atoms with Crippen LogP contribution in [0.3, 0.4) is 0 Å². The Morgan fingerprint density at radius 1 is 0.861 bits per heavy atom. The lowest BCUT2D eigenvalue weighted by molar-refractivity contribution is 0.0522. The quantitative estimate of drug-likeness (QED) is 0.301. The van der Waals surface area contributed by atoms with Gasteiger partial charge in [0.05, 0.1) is 11.2 Å². The largest absolute Gasteiger partial charge is 0.534 e. The first-order valence-corrected chi connectivity index (χ1v) is 14.4. The Morgan fingerprint density at radius 3 is 1.89 bits per heavy atom. The molecule has 0 unspecified atom stereocenters. The van der Waals surface area contributed by atoms with E-state index in [0.717, 1.165) is 11.1 Å². The van der Waals surface area contributed by atoms with Crippen LogP contribution in [-0.4, -0.2) is 29.8 Å². The van der Waals surface area contributed by atoms with Crippen molar-refractivity contribution >= 4 is 35.7 Å². The molecule has 0 radical (unpaired) electrons. The summed E-state index contributed by atoms with van der Waals surface area (Å²) in [6, 6.07) is 27.0. The maximum absolute atomic E-state index is 13.0. The average molecular weight is 501 g/mol. The van der Waals surface area contributed by atoms with Crippen molar-refractivity contribution in [3.05, 3.63) is 84.6 Å². The molecule has 1 aromatic heterocycles. The van der Waals surface area contributed by atoms with Crippen LogP contribution in [0.1, 0.15) is 54.2 Å². The van der Waals surface area contributed by atoms with Crippen LogP contribution in [0.5, 0.6) is 5.75 Å². The van der Waals surface area contributed by atoms with Crippen LogP contribution < -0.4 is 14.8 Å². The maximum atomic E-state index is 13.0. The summed E-state index contributed by atoms with van der Waals surface area (Å²) in [6.45, 7) is 14.3. The molecule has 6 heteroatoms. The fraction of sp³-hybridized carbons (Fsp3) is 0.333. The molecule has 188 valence electrons. The lowest BCUT2D eigenvalue weighted by atomic mass is 10.2. The number of carbonyl (C=O) groups excluding carboxylic acids is 1. The second kappa shape index (κ2) is 9.58. The lowest BCUT2D eigenvalue weighted by Crippen LogP contribution is -2.68. The Kier molecular flexibility index (Phi) is 6.84. The smallest absolute Gasteiger partial charge is 0.435 e. The van der Waals surface area contributed by atoms with Gasteiger partial charge in [-0.1, -0.05) is 88.4 Å². The van der Waals surface area contributed by atoms with E-state index in [0.29, 0.717) is 17.7 Å². The van der Waals surface area contributed by atoms with Crippen LogP contribution in [0.4, 0.5) is 4.79 Å². The van der Waals surface area contributed by atoms with Crippen LogP contribution in [0, 0.1) is 0 Å². The molecule has 0 N–H and O–H groups in total. The molecule has 4 rings (SSSR count). The molecule has 36 heavy (non-hydrogen) atoms. The number of ether oxygens (including phenoxy) is 1. The summed E-state index contributed by atoms with van der Waals surface area (Å²) in [7, 11) is -2.81. The van der Waals surface area contributed by atoms with E-state index in [1.54, 1.807) is 0 Å². The summed E-state index contributed by atoms with van der Waals surface area (Å²) in [5.41, 5.74) is 0.925. The first kappa shape index (κ1) is 25.7. The third kappa shape index (κ3) is 4.82. The highest BCUT2D eigenvalue weighted by Crippen LogP contribution is 2.38. The Hall–Kier alpha value is -3.38. The van der Waals surface area contributed by atoms with Crippen molar-refractivity contribution in [3.63, 3.8) is 0 Å². The van der Waals surface area contributed by atoms with E-state index in [1.165, 1.54) is 15.1 Å². The summed E-state index contributed by atoms with van der Waals surface area (Å²) < 4.78 is 14.2. The highest BCUT2D eigenvalue weighted by molar-refractivity contribution is 7.00. The van der Waals surface area contributed by atoms with Crippen LogP contribution >= 0.6 is 0 Å². The van der Waals surface area contributed by atoms with E-state index in [-0.39, 0.29) is 5.04 Å². The highest BCUT2D eigenvalue weighted by atomic mass is 28.4. The summed E-state index contributed by atoms with van der Waals surface area (Å²) in [6.07, 6.45) is 0.219. The van der Waals surface area contributed by atoms with Gasteiger partial charge in [0.1, 0.15) is 11.4 Å². The normalized spacial score (nSPS) is 12.5. The number of hydrogen-bond donors (Lipinski definition) is 0. The van der Waals surface area contributed by atoms with Gasteiger partial charge in [0, 0.05) is 11.5 Å². The van der Waals surface area contributed by atoms with Crippen LogP contribution in [-0.2, 0) is 11.2 Å². The molecular formula is C30H36N2O3Si. The minimum Gasteiger partial charge on any atom is -0.534 e. The van der Waals surface area contributed by atoms with Gasteiger partial charge < -0.3 is 9.16 Å². The van der Waals surface area contributed by atoms with Gasteiger partial charge >= 0.3 is 14.4 Å². The second-order valence-electron chi connectivity index (χ2n) is 11.1. The Morgan fingerprint density at radius 2 is 1.42 bits per heavy atom. The summed E-state index contributed by atoms with van der Waals surface area (Å²) in [5, 5.41) is 7.73. The third-order valence-corrected chi connectivity index (χ3v) is 11.3. The van der Waals surface area contributed by atoms with E-state index in [9.17, 15) is 4.79 Å². The molecule has 0 bridgehead atoms. The van der Waals surface area contributed by atoms with Crippen molar-refractivity contribution in [2.45, 2.75) is 65.5 Å². The second-order valence-corrected chi connectivity index (χ2v) is 15.4. The zero-order valence-corrected chi connectivity index (χ0v) is 23.3. The molecule has 0 aliphatic carbocycles. The van der Waals surface area contributed by atoms with E-state index >= 15 is 0 Å². The van der Waals surface area contributed by atoms with E-state index in [2.05, 4.69) is 74.4 Å². The maximum Gasteiger partial charge on any atom is 0.435 e. The fourth-order valence-corrected chi connectivity index (χ4v) is 9.17. The van der Waals surface area contributed by atoms with Crippen molar-refractivity contribution in [3.8, 4) is 5.75 Å². The molecule has 0 fully saturated rings. The van der Waals surface area contributed by atoms with Crippen molar-refractivity contribution in [1.82, 2.24) is 9.78 Å². The van der Waals surface area contributed by atoms with Gasteiger partial charge in [-0.15, -0.1) is 0 Å². The van der Waals surface area contributed by atoms with E-state index in [1.807, 2.05) is 58.0 Å². The number of benzene rings is 3. The van der Waals surface area contributed by atoms with Crippen LogP contribution in [0.2, 0.25) is 5.04 Å². The molecule has 0 spiro atoms. The van der Waals surface area contributed by atoms with Crippen LogP contribution in [0.15, 0.2) is 78.9 Å². The molecule has 0 aliphatic rings. The topological polar surface area (TPSA) is 53.4 Å². The SMILES string of the molecule is CCc1nn(C(=O)OC(C)(C)C)c2cc(O[Si](c3ccccc3)(c3ccccc3)C(C)(C)C)ccc12. The number of fused-ring (bicyclic) bond motifs is 1. The minimum absolute atomic E-state index is 0.176. The Bertz CT molecular complexity index is 1310. The van der Waals surface area contributed by atoms with Gasteiger partial charge in [-0.25, -0.2) is 4.79 Å². The fourth-order valence-electron chi connectivity index (χ4n) is 4.75. The number of carbonyl (C=O) groups is 1. The Balaban J connectivity index is 1.91. The standard InChI is InChI=1S/C30H36N2O3Si/c1-8-26-25-20-19-22(21-27(25)32(31-26)28(33)34-29(2,3)4)35-36(30(5,6)7,23-15-11-9-12-16-23)24-17-13-10-14-18-24/h9-21H,8H2,1-7H3. The molecule has 5 nitrogen and oxygen atoms in total. The zero-order chi connectivity index (χ0) is 26.1. The van der Waals surface area contributed by atoms with Crippen molar-refractivity contribution < 1.29 is 14.0 Å². The first-order valence-electron chi connectivity index (χ1n) is 12.5. The average Bonchev–Trinajstić information content (AvgIpc) is 3.20. The first-order chi connectivity index (χ1) is 17.0. The van der Waals surface area contributed by atoms with Crippen LogP contribution in [0.25, 0.3) is 10.9 Å². The molecule has 3 aromatic carbocycles. The summed E-state index contributed by atoms with van der Waals surface area (Å²) in [5.74, 6) is 0.712. The third-order valence-electron chi connectivity index (χ3n) is 6.32. The minimum atomic E-state index is -2.81. The van der Waals surface area contributed by atoms with Crippen molar-refractivity contribution in [1.29, 1.82) is 0 Å². The molecule has 0 atom stereocenters. The summed E-state index contributed by atoms with van der Waals surface area (Å²) in [4.78, 5) is 13.0. The van der Waals surface area contributed by atoms with Gasteiger partial charge in [0.15, 0.2) is 0 Å². The number of aryl methyl sites for hydroxylation is 1. The van der Waals surface area contributed by atoms with Gasteiger partial charge in [0.2, 0.25) is 0 Å². The van der Waals surface area contributed by atoms with Gasteiger partial charge in [0.25, 0.3) is 0 Å². The Labute approximate surface area is 215 Å². The van der Waals surface area contributed by atoms with E-state index < -0.39 is 20.0 Å². The predicted molar refractivity (Wildman–Crippen MR) is 149 cm³/mol. The molecule has 4 aromatic rings. The van der Waals surface area contributed by atoms with Crippen molar-refractivity contribution in [2.75, 3.05) is 0 Å². The molecule has 0 saturated carbocycles. The molecule has 1 heterocycles. The van der Waals surface area contributed by atoms with Gasteiger partial charge in [-0.05, 0) is 54.7 Å². The number of nitrogens with zero attached hydrogens (tertiary/aromatic N) is 2. The molecular weight excluding hydrogens is 464 g/mol. The van der Waals surface area contributed by atoms with Crippen molar-refractivity contribution in [2.24, 2.45) is 0 Å².